The van der Waals surface area contributed by atoms with Crippen LogP contribution >= 0.6 is 0 Å². The molecule has 0 fully saturated rings. The first-order chi connectivity index (χ1) is 23.5. The number of fused-ring (bicyclic) bond motifs is 14. The maximum atomic E-state index is 14.1. The Morgan fingerprint density at radius 3 is 2.12 bits per heavy atom. The summed E-state index contributed by atoms with van der Waals surface area (Å²) in [6, 6.07) is 0. The van der Waals surface area contributed by atoms with Gasteiger partial charge in [-0.05, 0) is 19.9 Å². The van der Waals surface area contributed by atoms with E-state index in [0.29, 0.717) is 0 Å². The lowest BCUT2D eigenvalue weighted by Gasteiger charge is -2.36. The summed E-state index contributed by atoms with van der Waals surface area (Å²) in [4.78, 5) is 45.9. The topological polar surface area (TPSA) is 193 Å². The summed E-state index contributed by atoms with van der Waals surface area (Å²) in [7, 11) is 4.14. The first-order valence-corrected chi connectivity index (χ1v) is 16.5. The normalized spacial score (nSPS) is 35.6. The number of benzene rings is 1. The van der Waals surface area contributed by atoms with E-state index in [2.05, 4.69) is 10.3 Å². The molecule has 0 aromatic heterocycles. The molecule has 0 spiro atoms. The molecule has 13 nitrogen and oxygen atoms in total. The molecule has 50 heavy (non-hydrogen) atoms. The predicted molar refractivity (Wildman–Crippen MR) is 184 cm³/mol. The fourth-order valence-electron chi connectivity index (χ4n) is 6.70. The molecule has 9 atom stereocenters. The number of rotatable bonds is 2. The van der Waals surface area contributed by atoms with E-state index in [-0.39, 0.29) is 50.7 Å². The molecular weight excluding hydrogens is 648 g/mol. The van der Waals surface area contributed by atoms with Crippen LogP contribution in [0, 0.1) is 30.6 Å². The first kappa shape index (κ1) is 38.5. The molecule has 1 amide bonds. The highest BCUT2D eigenvalue weighted by atomic mass is 16.7. The number of carbonyl (C=O) groups excluding carboxylic acids is 3. The Labute approximate surface area is 292 Å². The molecule has 4 aliphatic rings. The van der Waals surface area contributed by atoms with E-state index < -0.39 is 77.1 Å². The molecule has 0 saturated heterocycles. The van der Waals surface area contributed by atoms with Crippen LogP contribution < -0.4 is 10.1 Å². The average Bonchev–Trinajstić information content (AvgIpc) is 3.36. The number of aromatic hydroxyl groups is 1. The molecular formula is C37H48N2O11. The van der Waals surface area contributed by atoms with Gasteiger partial charge in [-0.25, -0.2) is 0 Å². The van der Waals surface area contributed by atoms with Crippen LogP contribution in [0.15, 0.2) is 52.6 Å². The minimum absolute atomic E-state index is 0.0180. The Balaban J connectivity index is 1.89. The second-order valence-corrected chi connectivity index (χ2v) is 13.4. The molecule has 1 aromatic rings. The monoisotopic (exact) mass is 696 g/mol. The van der Waals surface area contributed by atoms with E-state index in [9.17, 15) is 34.8 Å². The summed E-state index contributed by atoms with van der Waals surface area (Å²) in [5.41, 5.74) is -0.335. The number of carbonyl (C=O) groups is 3. The van der Waals surface area contributed by atoms with Gasteiger partial charge in [0.1, 0.15) is 22.9 Å². The fraction of sp³-hybridized carbons (Fsp3) is 0.514. The van der Waals surface area contributed by atoms with E-state index in [0.717, 1.165) is 0 Å². The van der Waals surface area contributed by atoms with Crippen molar-refractivity contribution in [2.75, 3.05) is 21.3 Å². The van der Waals surface area contributed by atoms with Crippen molar-refractivity contribution in [1.29, 1.82) is 0 Å². The van der Waals surface area contributed by atoms with Gasteiger partial charge in [0.25, 0.3) is 11.7 Å². The van der Waals surface area contributed by atoms with Gasteiger partial charge in [-0.1, -0.05) is 45.9 Å². The molecule has 1 aliphatic carbocycles. The Bertz CT molecular complexity index is 1710. The van der Waals surface area contributed by atoms with E-state index in [1.807, 2.05) is 0 Å². The Hall–Kier alpha value is -4.30. The molecule has 3 aliphatic heterocycles. The highest BCUT2D eigenvalue weighted by Crippen LogP contribution is 2.48. The molecule has 272 valence electrons. The molecule has 0 unspecified atom stereocenters. The minimum atomic E-state index is -1.95. The van der Waals surface area contributed by atoms with Crippen molar-refractivity contribution >= 4 is 23.2 Å². The van der Waals surface area contributed by atoms with E-state index in [1.54, 1.807) is 39.8 Å². The average molecular weight is 697 g/mol. The molecule has 1 aromatic carbocycles. The zero-order valence-corrected chi connectivity index (χ0v) is 30.1. The summed E-state index contributed by atoms with van der Waals surface area (Å²) in [5, 5.41) is 47.5. The molecule has 13 heteroatoms. The number of amides is 1. The third-order valence-corrected chi connectivity index (χ3v) is 10.1. The summed E-state index contributed by atoms with van der Waals surface area (Å²) in [6.07, 6.45) is 3.57. The van der Waals surface area contributed by atoms with Crippen molar-refractivity contribution in [2.24, 2.45) is 28.7 Å². The smallest absolute Gasteiger partial charge is 0.312 e. The van der Waals surface area contributed by atoms with E-state index >= 15 is 0 Å². The zero-order chi connectivity index (χ0) is 37.4. The number of hydrogen-bond donors (Lipinski definition) is 5. The van der Waals surface area contributed by atoms with E-state index in [1.165, 1.54) is 60.5 Å². The molecule has 0 radical (unpaired) electrons. The van der Waals surface area contributed by atoms with Gasteiger partial charge in [0.05, 0.1) is 48.9 Å². The lowest BCUT2D eigenvalue weighted by molar-refractivity contribution is -0.116. The number of hydrogen-bond acceptors (Lipinski definition) is 12. The number of aliphatic hydroxyl groups excluding tert-OH is 3. The van der Waals surface area contributed by atoms with Gasteiger partial charge in [0, 0.05) is 61.5 Å². The maximum absolute atomic E-state index is 14.1. The third-order valence-electron chi connectivity index (χ3n) is 10.1. The van der Waals surface area contributed by atoms with Crippen LogP contribution in [0.1, 0.15) is 73.4 Å². The maximum Gasteiger partial charge on any atom is 0.312 e. The van der Waals surface area contributed by atoms with Crippen LogP contribution in [0.2, 0.25) is 0 Å². The molecule has 5 N–H and O–H groups in total. The van der Waals surface area contributed by atoms with Crippen molar-refractivity contribution in [3.05, 3.63) is 69.8 Å². The number of phenolic OH excluding ortho intramolecular Hbond substituents is 1. The van der Waals surface area contributed by atoms with Crippen LogP contribution in [0.25, 0.3) is 0 Å². The predicted octanol–water partition coefficient (Wildman–Crippen LogP) is 3.27. The Morgan fingerprint density at radius 2 is 1.52 bits per heavy atom. The number of ketones is 2. The van der Waals surface area contributed by atoms with Crippen molar-refractivity contribution in [3.63, 3.8) is 0 Å². The summed E-state index contributed by atoms with van der Waals surface area (Å²) < 4.78 is 23.1. The highest BCUT2D eigenvalue weighted by molar-refractivity contribution is 6.33. The van der Waals surface area contributed by atoms with Gasteiger partial charge < -0.3 is 44.7 Å². The second kappa shape index (κ2) is 14.9. The SMILES string of the molecule is C/N=C1\C(OC)=C2NC(=O)/C(C)=C\C=C\[C@H](C)[C@H](O)[C@@H](C)[C@@H](O)[C@@H](C)[C@H](O)[C@H](C)[C@@H](OC)/C=C/O[C@@]3(C)Oc4c(C)c(O)c(c1c4C3=O)C2=O. The summed E-state index contributed by atoms with van der Waals surface area (Å²) in [6.45, 7) is 11.3. The minimum Gasteiger partial charge on any atom is -0.507 e. The van der Waals surface area contributed by atoms with Gasteiger partial charge in [0.15, 0.2) is 5.76 Å². The van der Waals surface area contributed by atoms with Crippen LogP contribution in [0.5, 0.6) is 11.5 Å². The standard InChI is InChI=1S/C37H48N2O11/c1-16-12-11-13-17(2)36(46)39-27-32(44)24-23(26(38-8)34(27)48-10)25-33(21(6)31(24)43)50-37(7,35(25)45)49-15-14-22(47-9)18(3)29(41)20(5)30(42)19(4)28(16)40/h11-16,18-20,22,28-30,40-43H,1-10H3,(H,39,46)/b12-11+,15-14+,17-13-,38-26-/t16-,18+,19+,20-,22-,28-,29+,30+,37-/m0/s1. The third kappa shape index (κ3) is 6.62. The Kier molecular flexibility index (Phi) is 11.5. The number of nitrogens with zero attached hydrogens (tertiary/aromatic N) is 1. The van der Waals surface area contributed by atoms with E-state index in [4.69, 9.17) is 18.9 Å². The number of ether oxygens (including phenoxy) is 4. The molecule has 3 heterocycles. The van der Waals surface area contributed by atoms with Gasteiger partial charge >= 0.3 is 5.79 Å². The number of phenols is 1. The quantitative estimate of drug-likeness (QED) is 0.305. The van der Waals surface area contributed by atoms with Gasteiger partial charge in [0.2, 0.25) is 5.78 Å². The van der Waals surface area contributed by atoms with Crippen molar-refractivity contribution in [2.45, 2.75) is 78.7 Å². The fourth-order valence-corrected chi connectivity index (χ4v) is 6.70. The second-order valence-electron chi connectivity index (χ2n) is 13.4. The van der Waals surface area contributed by atoms with Crippen molar-refractivity contribution in [3.8, 4) is 11.5 Å². The number of allylic oxidation sites excluding steroid dienone is 4. The number of aliphatic hydroxyl groups is 3. The molecule has 5 bridgehead atoms. The number of aliphatic imine (C=N–C) groups is 1. The highest BCUT2D eigenvalue weighted by Gasteiger charge is 2.52. The van der Waals surface area contributed by atoms with Crippen molar-refractivity contribution in [1.82, 2.24) is 5.32 Å². The zero-order valence-electron chi connectivity index (χ0n) is 30.1. The summed E-state index contributed by atoms with van der Waals surface area (Å²) in [5.74, 6) is -7.05. The van der Waals surface area contributed by atoms with Crippen molar-refractivity contribution < 1.29 is 53.8 Å². The largest absolute Gasteiger partial charge is 0.507 e. The molecule has 5 rings (SSSR count). The van der Waals surface area contributed by atoms with Gasteiger partial charge in [-0.15, -0.1) is 0 Å². The Morgan fingerprint density at radius 1 is 0.900 bits per heavy atom. The van der Waals surface area contributed by atoms with Gasteiger partial charge in [-0.3, -0.25) is 19.4 Å². The first-order valence-electron chi connectivity index (χ1n) is 16.5. The lowest BCUT2D eigenvalue weighted by Crippen LogP contribution is -2.45. The van der Waals surface area contributed by atoms with Gasteiger partial charge in [-0.2, -0.15) is 0 Å². The molecule has 0 saturated carbocycles. The number of nitrogens with one attached hydrogen (secondary N) is 1. The lowest BCUT2D eigenvalue weighted by atomic mass is 9.78. The van der Waals surface area contributed by atoms with Crippen LogP contribution in [-0.4, -0.2) is 95.1 Å². The summed E-state index contributed by atoms with van der Waals surface area (Å²) >= 11 is 0. The number of Topliss-reactive ketones (excluding diaryl/α,β-unsaturated/α-hetero) is 2. The van der Waals surface area contributed by atoms with Crippen LogP contribution in [0.3, 0.4) is 0 Å². The van der Waals surface area contributed by atoms with Crippen LogP contribution in [-0.2, 0) is 19.0 Å². The number of methoxy groups -OCH3 is 2. The van der Waals surface area contributed by atoms with Crippen LogP contribution in [0.4, 0.5) is 0 Å².